The predicted octanol–water partition coefficient (Wildman–Crippen LogP) is 4.57. The summed E-state index contributed by atoms with van der Waals surface area (Å²) in [4.78, 5) is 12.9. The Morgan fingerprint density at radius 2 is 1.96 bits per heavy atom. The van der Waals surface area contributed by atoms with Gasteiger partial charge in [-0.15, -0.1) is 11.3 Å². The molecule has 5 heteroatoms. The lowest BCUT2D eigenvalue weighted by Crippen LogP contribution is -2.19. The van der Waals surface area contributed by atoms with Gasteiger partial charge in [-0.1, -0.05) is 30.3 Å². The Hall–Kier alpha value is -2.92. The monoisotopic (exact) mass is 361 g/mol. The SMILES string of the molecule is CCn1c2ccccc2c2cc(/C=N\NC(=O)Cc3cccs3)ccc21. The molecule has 0 fully saturated rings. The van der Waals surface area contributed by atoms with Gasteiger partial charge in [0, 0.05) is 33.2 Å². The van der Waals surface area contributed by atoms with Gasteiger partial charge in [0.2, 0.25) is 5.91 Å². The summed E-state index contributed by atoms with van der Waals surface area (Å²) in [6.07, 6.45) is 2.06. The first-order valence-corrected chi connectivity index (χ1v) is 9.49. The number of carbonyl (C=O) groups excluding carboxylic acids is 1. The fourth-order valence-electron chi connectivity index (χ4n) is 3.28. The average Bonchev–Trinajstić information content (AvgIpc) is 3.27. The molecular weight excluding hydrogens is 342 g/mol. The second kappa shape index (κ2) is 7.14. The highest BCUT2D eigenvalue weighted by molar-refractivity contribution is 7.10. The summed E-state index contributed by atoms with van der Waals surface area (Å²) < 4.78 is 2.31. The van der Waals surface area contributed by atoms with Crippen molar-refractivity contribution in [2.24, 2.45) is 5.10 Å². The van der Waals surface area contributed by atoms with Crippen LogP contribution in [0.4, 0.5) is 0 Å². The maximum absolute atomic E-state index is 11.9. The number of carbonyl (C=O) groups is 1. The minimum atomic E-state index is -0.104. The van der Waals surface area contributed by atoms with Crippen LogP contribution in [0.25, 0.3) is 21.8 Å². The molecule has 0 radical (unpaired) electrons. The van der Waals surface area contributed by atoms with Crippen molar-refractivity contribution in [1.29, 1.82) is 0 Å². The van der Waals surface area contributed by atoms with E-state index < -0.39 is 0 Å². The van der Waals surface area contributed by atoms with Crippen LogP contribution in [-0.4, -0.2) is 16.7 Å². The molecule has 0 aliphatic rings. The van der Waals surface area contributed by atoms with Crippen molar-refractivity contribution in [3.8, 4) is 0 Å². The minimum Gasteiger partial charge on any atom is -0.341 e. The van der Waals surface area contributed by atoms with Crippen LogP contribution in [0.15, 0.2) is 65.1 Å². The molecule has 4 nitrogen and oxygen atoms in total. The van der Waals surface area contributed by atoms with E-state index in [2.05, 4.69) is 58.4 Å². The summed E-state index contributed by atoms with van der Waals surface area (Å²) in [7, 11) is 0. The Labute approximate surface area is 155 Å². The number of benzene rings is 2. The molecule has 0 aliphatic heterocycles. The lowest BCUT2D eigenvalue weighted by Gasteiger charge is -2.02. The van der Waals surface area contributed by atoms with Gasteiger partial charge >= 0.3 is 0 Å². The summed E-state index contributed by atoms with van der Waals surface area (Å²) in [5, 5.41) is 8.52. The van der Waals surface area contributed by atoms with Crippen molar-refractivity contribution in [1.82, 2.24) is 9.99 Å². The maximum Gasteiger partial charge on any atom is 0.245 e. The summed E-state index contributed by atoms with van der Waals surface area (Å²) >= 11 is 1.57. The number of hydrogen-bond donors (Lipinski definition) is 1. The highest BCUT2D eigenvalue weighted by Crippen LogP contribution is 2.29. The maximum atomic E-state index is 11.9. The fourth-order valence-corrected chi connectivity index (χ4v) is 3.99. The molecule has 4 rings (SSSR count). The van der Waals surface area contributed by atoms with Crippen molar-refractivity contribution < 1.29 is 4.79 Å². The van der Waals surface area contributed by atoms with Gasteiger partial charge < -0.3 is 4.57 Å². The van der Waals surface area contributed by atoms with Gasteiger partial charge in [0.25, 0.3) is 0 Å². The number of hydrogen-bond acceptors (Lipinski definition) is 3. The van der Waals surface area contributed by atoms with E-state index >= 15 is 0 Å². The van der Waals surface area contributed by atoms with Gasteiger partial charge in [-0.3, -0.25) is 4.79 Å². The topological polar surface area (TPSA) is 46.4 Å². The molecule has 1 amide bonds. The number of rotatable bonds is 5. The van der Waals surface area contributed by atoms with E-state index in [9.17, 15) is 4.79 Å². The molecule has 0 spiro atoms. The molecule has 0 aliphatic carbocycles. The van der Waals surface area contributed by atoms with Crippen molar-refractivity contribution >= 4 is 45.3 Å². The van der Waals surface area contributed by atoms with Crippen LogP contribution in [0.1, 0.15) is 17.4 Å². The lowest BCUT2D eigenvalue weighted by atomic mass is 10.1. The first kappa shape index (κ1) is 16.5. The van der Waals surface area contributed by atoms with Gasteiger partial charge in [0.1, 0.15) is 0 Å². The van der Waals surface area contributed by atoms with Crippen LogP contribution < -0.4 is 5.43 Å². The molecule has 0 atom stereocenters. The molecule has 0 unspecified atom stereocenters. The van der Waals surface area contributed by atoms with Crippen LogP contribution in [0.2, 0.25) is 0 Å². The first-order chi connectivity index (χ1) is 12.8. The molecule has 130 valence electrons. The summed E-state index contributed by atoms with van der Waals surface area (Å²) in [5.41, 5.74) is 6.02. The third kappa shape index (κ3) is 3.13. The van der Waals surface area contributed by atoms with Gasteiger partial charge in [0.05, 0.1) is 12.6 Å². The number of nitrogens with zero attached hydrogens (tertiary/aromatic N) is 2. The van der Waals surface area contributed by atoms with Crippen LogP contribution in [0.5, 0.6) is 0 Å². The number of para-hydroxylation sites is 1. The minimum absolute atomic E-state index is 0.104. The van der Waals surface area contributed by atoms with Gasteiger partial charge in [-0.25, -0.2) is 5.43 Å². The quantitative estimate of drug-likeness (QED) is 0.411. The number of aromatic nitrogens is 1. The molecule has 0 bridgehead atoms. The highest BCUT2D eigenvalue weighted by atomic mass is 32.1. The van der Waals surface area contributed by atoms with Crippen molar-refractivity contribution in [3.63, 3.8) is 0 Å². The van der Waals surface area contributed by atoms with E-state index in [1.807, 2.05) is 23.6 Å². The number of amides is 1. The number of nitrogens with one attached hydrogen (secondary N) is 1. The smallest absolute Gasteiger partial charge is 0.245 e. The largest absolute Gasteiger partial charge is 0.341 e. The summed E-state index contributed by atoms with van der Waals surface area (Å²) in [6.45, 7) is 3.08. The van der Waals surface area contributed by atoms with E-state index in [1.54, 1.807) is 17.6 Å². The summed E-state index contributed by atoms with van der Waals surface area (Å²) in [6, 6.07) is 18.6. The zero-order valence-electron chi connectivity index (χ0n) is 14.5. The second-order valence-corrected chi connectivity index (χ2v) is 7.12. The normalized spacial score (nSPS) is 11.6. The third-order valence-corrected chi connectivity index (χ3v) is 5.31. The van der Waals surface area contributed by atoms with E-state index in [0.717, 1.165) is 17.0 Å². The molecule has 0 saturated carbocycles. The zero-order valence-corrected chi connectivity index (χ0v) is 15.3. The van der Waals surface area contributed by atoms with Crippen molar-refractivity contribution in [3.05, 3.63) is 70.4 Å². The Morgan fingerprint density at radius 3 is 2.77 bits per heavy atom. The lowest BCUT2D eigenvalue weighted by molar-refractivity contribution is -0.120. The first-order valence-electron chi connectivity index (χ1n) is 8.61. The number of aryl methyl sites for hydroxylation is 1. The third-order valence-electron chi connectivity index (χ3n) is 4.43. The Bertz CT molecular complexity index is 1090. The van der Waals surface area contributed by atoms with Gasteiger partial charge in [-0.2, -0.15) is 5.10 Å². The van der Waals surface area contributed by atoms with Crippen molar-refractivity contribution in [2.45, 2.75) is 19.9 Å². The molecule has 26 heavy (non-hydrogen) atoms. The zero-order chi connectivity index (χ0) is 17.9. The van der Waals surface area contributed by atoms with E-state index in [0.29, 0.717) is 6.42 Å². The number of fused-ring (bicyclic) bond motifs is 3. The van der Waals surface area contributed by atoms with Crippen LogP contribution in [-0.2, 0) is 17.8 Å². The molecule has 2 aromatic carbocycles. The van der Waals surface area contributed by atoms with Crippen LogP contribution >= 0.6 is 11.3 Å². The number of hydrazone groups is 1. The van der Waals surface area contributed by atoms with Gasteiger partial charge in [0.15, 0.2) is 0 Å². The Morgan fingerprint density at radius 1 is 1.12 bits per heavy atom. The predicted molar refractivity (Wildman–Crippen MR) is 109 cm³/mol. The molecule has 0 saturated heterocycles. The Balaban J connectivity index is 1.57. The Kier molecular flexibility index (Phi) is 4.54. The number of thiophene rings is 1. The van der Waals surface area contributed by atoms with E-state index in [1.165, 1.54) is 21.8 Å². The standard InChI is InChI=1S/C21H19N3OS/c1-2-24-19-8-4-3-7-17(19)18-12-15(9-10-20(18)24)14-22-23-21(25)13-16-6-5-11-26-16/h3-12,14H,2,13H2,1H3,(H,23,25)/b22-14-. The van der Waals surface area contributed by atoms with Gasteiger partial charge in [-0.05, 0) is 42.1 Å². The molecule has 1 N–H and O–H groups in total. The summed E-state index contributed by atoms with van der Waals surface area (Å²) in [5.74, 6) is -0.104. The molecule has 2 heterocycles. The van der Waals surface area contributed by atoms with E-state index in [4.69, 9.17) is 0 Å². The molecule has 4 aromatic rings. The average molecular weight is 361 g/mol. The van der Waals surface area contributed by atoms with Crippen molar-refractivity contribution in [2.75, 3.05) is 0 Å². The fraction of sp³-hybridized carbons (Fsp3) is 0.143. The highest BCUT2D eigenvalue weighted by Gasteiger charge is 2.09. The molecular formula is C21H19N3OS. The van der Waals surface area contributed by atoms with Crippen LogP contribution in [0, 0.1) is 0 Å². The molecule has 2 aromatic heterocycles. The second-order valence-electron chi connectivity index (χ2n) is 6.09. The van der Waals surface area contributed by atoms with E-state index in [-0.39, 0.29) is 5.91 Å². The van der Waals surface area contributed by atoms with Crippen LogP contribution in [0.3, 0.4) is 0 Å².